The van der Waals surface area contributed by atoms with Crippen molar-refractivity contribution in [2.75, 3.05) is 0 Å². The first kappa shape index (κ1) is 12.7. The highest BCUT2D eigenvalue weighted by Gasteiger charge is 2.35. The smallest absolute Gasteiger partial charge is 0.294 e. The van der Waals surface area contributed by atoms with Crippen LogP contribution in [-0.2, 0) is 6.18 Å². The maximum atomic E-state index is 12.8. The number of benzene rings is 1. The summed E-state index contributed by atoms with van der Waals surface area (Å²) in [7, 11) is 0. The molecule has 88 valence electrons. The largest absolute Gasteiger partial charge is 0.417 e. The van der Waals surface area contributed by atoms with E-state index < -0.39 is 17.5 Å². The van der Waals surface area contributed by atoms with Gasteiger partial charge in [0.25, 0.3) is 0 Å². The van der Waals surface area contributed by atoms with E-state index in [0.29, 0.717) is 11.1 Å². The molecule has 0 aliphatic carbocycles. The van der Waals surface area contributed by atoms with Crippen LogP contribution in [0.15, 0.2) is 12.1 Å². The number of rotatable bonds is 2. The number of ketones is 1. The first-order chi connectivity index (χ1) is 7.27. The molecule has 16 heavy (non-hydrogen) atoms. The Bertz CT molecular complexity index is 419. The first-order valence-electron chi connectivity index (χ1n) is 4.99. The van der Waals surface area contributed by atoms with Crippen LogP contribution >= 0.6 is 0 Å². The second kappa shape index (κ2) is 4.28. The molecule has 0 aliphatic rings. The van der Waals surface area contributed by atoms with Crippen LogP contribution in [0.25, 0.3) is 0 Å². The van der Waals surface area contributed by atoms with Crippen LogP contribution in [0.4, 0.5) is 13.2 Å². The summed E-state index contributed by atoms with van der Waals surface area (Å²) in [4.78, 5) is 11.5. The minimum atomic E-state index is -4.48. The van der Waals surface area contributed by atoms with E-state index in [1.165, 1.54) is 6.92 Å². The van der Waals surface area contributed by atoms with Gasteiger partial charge in [0.2, 0.25) is 0 Å². The summed E-state index contributed by atoms with van der Waals surface area (Å²) < 4.78 is 38.3. The Morgan fingerprint density at radius 3 is 2.25 bits per heavy atom. The second-order valence-electron chi connectivity index (χ2n) is 3.78. The van der Waals surface area contributed by atoms with Crippen molar-refractivity contribution in [1.29, 1.82) is 0 Å². The quantitative estimate of drug-likeness (QED) is 0.704. The van der Waals surface area contributed by atoms with Crippen molar-refractivity contribution < 1.29 is 18.0 Å². The third-order valence-corrected chi connectivity index (χ3v) is 2.39. The maximum absolute atomic E-state index is 12.8. The Labute approximate surface area is 92.3 Å². The molecule has 0 atom stereocenters. The van der Waals surface area contributed by atoms with Gasteiger partial charge in [0, 0.05) is 12.0 Å². The maximum Gasteiger partial charge on any atom is 0.417 e. The molecule has 4 heteroatoms. The molecule has 0 amide bonds. The minimum absolute atomic E-state index is 0.0764. The zero-order valence-electron chi connectivity index (χ0n) is 9.40. The molecule has 0 saturated heterocycles. The Hall–Kier alpha value is -1.32. The fourth-order valence-corrected chi connectivity index (χ4v) is 1.74. The lowest BCUT2D eigenvalue weighted by Crippen LogP contribution is -2.14. The van der Waals surface area contributed by atoms with Crippen molar-refractivity contribution in [2.45, 2.75) is 33.4 Å². The normalized spacial score (nSPS) is 11.6. The van der Waals surface area contributed by atoms with Gasteiger partial charge in [0.1, 0.15) is 0 Å². The van der Waals surface area contributed by atoms with Gasteiger partial charge in [-0.1, -0.05) is 18.6 Å². The molecule has 0 bridgehead atoms. The third kappa shape index (κ3) is 2.43. The molecule has 0 radical (unpaired) electrons. The zero-order valence-corrected chi connectivity index (χ0v) is 9.40. The Morgan fingerprint density at radius 2 is 1.81 bits per heavy atom. The Morgan fingerprint density at radius 1 is 1.25 bits per heavy atom. The van der Waals surface area contributed by atoms with Gasteiger partial charge in [-0.25, -0.2) is 0 Å². The Balaban J connectivity index is 3.51. The number of halogens is 3. The standard InChI is InChI=1S/C12H13F3O/c1-4-10(16)11-8(3)5-7(2)6-9(11)12(13,14)15/h5-6H,4H2,1-3H3. The summed E-state index contributed by atoms with van der Waals surface area (Å²) in [5, 5.41) is 0. The molecule has 0 aliphatic heterocycles. The highest BCUT2D eigenvalue weighted by atomic mass is 19.4. The van der Waals surface area contributed by atoms with E-state index in [1.807, 2.05) is 0 Å². The molecule has 1 aromatic rings. The van der Waals surface area contributed by atoms with E-state index in [-0.39, 0.29) is 12.0 Å². The van der Waals surface area contributed by atoms with Crippen LogP contribution < -0.4 is 0 Å². The van der Waals surface area contributed by atoms with Gasteiger partial charge < -0.3 is 0 Å². The molecule has 0 heterocycles. The lowest BCUT2D eigenvalue weighted by atomic mass is 9.94. The average molecular weight is 230 g/mol. The van der Waals surface area contributed by atoms with E-state index in [0.717, 1.165) is 6.07 Å². The zero-order chi connectivity index (χ0) is 12.5. The number of carbonyl (C=O) groups is 1. The van der Waals surface area contributed by atoms with Crippen molar-refractivity contribution in [3.8, 4) is 0 Å². The summed E-state index contributed by atoms with van der Waals surface area (Å²) in [5.74, 6) is -0.468. The van der Waals surface area contributed by atoms with Crippen molar-refractivity contribution in [3.63, 3.8) is 0 Å². The van der Waals surface area contributed by atoms with Crippen molar-refractivity contribution in [3.05, 3.63) is 34.4 Å². The number of aryl methyl sites for hydroxylation is 2. The lowest BCUT2D eigenvalue weighted by Gasteiger charge is -2.15. The van der Waals surface area contributed by atoms with Gasteiger partial charge in [0.15, 0.2) is 5.78 Å². The highest BCUT2D eigenvalue weighted by molar-refractivity contribution is 5.99. The summed E-state index contributed by atoms with van der Waals surface area (Å²) in [5.41, 5.74) is -0.117. The molecule has 0 fully saturated rings. The molecule has 1 rings (SSSR count). The summed E-state index contributed by atoms with van der Waals surface area (Å²) in [6, 6.07) is 2.62. The van der Waals surface area contributed by atoms with E-state index in [1.54, 1.807) is 19.9 Å². The number of hydrogen-bond acceptors (Lipinski definition) is 1. The molecular weight excluding hydrogens is 217 g/mol. The van der Waals surface area contributed by atoms with Crippen molar-refractivity contribution in [2.24, 2.45) is 0 Å². The Kier molecular flexibility index (Phi) is 3.41. The van der Waals surface area contributed by atoms with E-state index >= 15 is 0 Å². The molecule has 0 spiro atoms. The second-order valence-corrected chi connectivity index (χ2v) is 3.78. The van der Waals surface area contributed by atoms with E-state index in [9.17, 15) is 18.0 Å². The highest BCUT2D eigenvalue weighted by Crippen LogP contribution is 2.34. The fourth-order valence-electron chi connectivity index (χ4n) is 1.74. The molecule has 1 aromatic carbocycles. The third-order valence-electron chi connectivity index (χ3n) is 2.39. The number of carbonyl (C=O) groups excluding carboxylic acids is 1. The SMILES string of the molecule is CCC(=O)c1c(C)cc(C)cc1C(F)(F)F. The molecule has 0 aromatic heterocycles. The lowest BCUT2D eigenvalue weighted by molar-refractivity contribution is -0.138. The van der Waals surface area contributed by atoms with Gasteiger partial charge in [-0.3, -0.25) is 4.79 Å². The van der Waals surface area contributed by atoms with Crippen molar-refractivity contribution >= 4 is 5.78 Å². The topological polar surface area (TPSA) is 17.1 Å². The number of hydrogen-bond donors (Lipinski definition) is 0. The summed E-state index contributed by atoms with van der Waals surface area (Å²) >= 11 is 0. The molecule has 0 saturated carbocycles. The summed E-state index contributed by atoms with van der Waals surface area (Å²) in [6.45, 7) is 4.68. The van der Waals surface area contributed by atoms with Gasteiger partial charge in [0.05, 0.1) is 5.56 Å². The molecule has 1 nitrogen and oxygen atoms in total. The van der Waals surface area contributed by atoms with Crippen LogP contribution in [0.5, 0.6) is 0 Å². The van der Waals surface area contributed by atoms with E-state index in [2.05, 4.69) is 0 Å². The van der Waals surface area contributed by atoms with E-state index in [4.69, 9.17) is 0 Å². The monoisotopic (exact) mass is 230 g/mol. The fraction of sp³-hybridized carbons (Fsp3) is 0.417. The van der Waals surface area contributed by atoms with Crippen molar-refractivity contribution in [1.82, 2.24) is 0 Å². The summed E-state index contributed by atoms with van der Waals surface area (Å²) in [6.07, 6.45) is -4.40. The van der Waals surface area contributed by atoms with Crippen LogP contribution in [0.3, 0.4) is 0 Å². The molecular formula is C12H13F3O. The minimum Gasteiger partial charge on any atom is -0.294 e. The van der Waals surface area contributed by atoms with Gasteiger partial charge in [-0.2, -0.15) is 13.2 Å². The number of alkyl halides is 3. The average Bonchev–Trinajstić information content (AvgIpc) is 2.14. The molecule has 0 unspecified atom stereocenters. The van der Waals surface area contributed by atoms with Crippen LogP contribution in [0.1, 0.15) is 40.4 Å². The van der Waals surface area contributed by atoms with Gasteiger partial charge in [-0.15, -0.1) is 0 Å². The van der Waals surface area contributed by atoms with Gasteiger partial charge >= 0.3 is 6.18 Å². The predicted octanol–water partition coefficient (Wildman–Crippen LogP) is 3.91. The predicted molar refractivity (Wildman–Crippen MR) is 55.5 cm³/mol. The first-order valence-corrected chi connectivity index (χ1v) is 4.99. The van der Waals surface area contributed by atoms with Crippen LogP contribution in [-0.4, -0.2) is 5.78 Å². The van der Waals surface area contributed by atoms with Crippen LogP contribution in [0.2, 0.25) is 0 Å². The molecule has 0 N–H and O–H groups in total. The number of Topliss-reactive ketones (excluding diaryl/α,β-unsaturated/α-hetero) is 1. The van der Waals surface area contributed by atoms with Gasteiger partial charge in [-0.05, 0) is 25.5 Å². The van der Waals surface area contributed by atoms with Crippen LogP contribution in [0, 0.1) is 13.8 Å².